The zero-order valence-electron chi connectivity index (χ0n) is 16.6. The summed E-state index contributed by atoms with van der Waals surface area (Å²) in [5, 5.41) is 13.8. The summed E-state index contributed by atoms with van der Waals surface area (Å²) in [6.07, 6.45) is 1.97. The number of hydrogen-bond donors (Lipinski definition) is 1. The lowest BCUT2D eigenvalue weighted by molar-refractivity contribution is -0.384. The molecule has 1 aliphatic heterocycles. The van der Waals surface area contributed by atoms with E-state index in [1.165, 1.54) is 12.1 Å². The molecule has 0 aliphatic carbocycles. The van der Waals surface area contributed by atoms with Gasteiger partial charge in [-0.1, -0.05) is 12.1 Å². The first kappa shape index (κ1) is 21.1. The number of nitrogens with one attached hydrogen (secondary N) is 1. The fourth-order valence-electron chi connectivity index (χ4n) is 3.24. The van der Waals surface area contributed by atoms with Crippen molar-refractivity contribution in [3.63, 3.8) is 0 Å². The van der Waals surface area contributed by atoms with E-state index in [0.29, 0.717) is 11.4 Å². The van der Waals surface area contributed by atoms with E-state index >= 15 is 0 Å². The number of carbonyl (C=O) groups excluding carboxylic acids is 2. The maximum atomic E-state index is 12.6. The summed E-state index contributed by atoms with van der Waals surface area (Å²) >= 11 is 0. The number of nitro benzene ring substituents is 1. The van der Waals surface area contributed by atoms with E-state index < -0.39 is 23.4 Å². The number of methoxy groups -OCH3 is 1. The number of hydrogen-bond acceptors (Lipinski definition) is 7. The Morgan fingerprint density at radius 3 is 2.47 bits per heavy atom. The largest absolute Gasteiger partial charge is 0.497 e. The van der Waals surface area contributed by atoms with Gasteiger partial charge in [-0.25, -0.2) is 4.79 Å². The lowest BCUT2D eigenvalue weighted by Crippen LogP contribution is -2.29. The minimum atomic E-state index is -0.764. The molecule has 1 heterocycles. The zero-order chi connectivity index (χ0) is 21.5. The Kier molecular flexibility index (Phi) is 6.84. The molecule has 2 aromatic rings. The van der Waals surface area contributed by atoms with Crippen molar-refractivity contribution >= 4 is 23.3 Å². The second-order valence-electron chi connectivity index (χ2n) is 6.85. The first-order chi connectivity index (χ1) is 14.5. The van der Waals surface area contributed by atoms with Gasteiger partial charge in [-0.3, -0.25) is 14.9 Å². The predicted molar refractivity (Wildman–Crippen MR) is 110 cm³/mol. The minimum Gasteiger partial charge on any atom is -0.497 e. The number of nitro groups is 1. The van der Waals surface area contributed by atoms with Gasteiger partial charge in [-0.15, -0.1) is 0 Å². The Labute approximate surface area is 173 Å². The van der Waals surface area contributed by atoms with E-state index in [1.54, 1.807) is 25.3 Å². The van der Waals surface area contributed by atoms with Crippen molar-refractivity contribution in [2.45, 2.75) is 19.4 Å². The van der Waals surface area contributed by atoms with Crippen molar-refractivity contribution < 1.29 is 24.0 Å². The van der Waals surface area contributed by atoms with Crippen LogP contribution in [0.2, 0.25) is 0 Å². The molecular weight excluding hydrogens is 390 g/mol. The van der Waals surface area contributed by atoms with Gasteiger partial charge in [0.15, 0.2) is 6.61 Å². The van der Waals surface area contributed by atoms with Crippen LogP contribution in [0, 0.1) is 10.1 Å². The Hall–Kier alpha value is -3.62. The summed E-state index contributed by atoms with van der Waals surface area (Å²) in [6, 6.07) is 11.3. The van der Waals surface area contributed by atoms with Crippen LogP contribution < -0.4 is 15.0 Å². The summed E-state index contributed by atoms with van der Waals surface area (Å²) in [7, 11) is 1.57. The van der Waals surface area contributed by atoms with E-state index in [1.807, 2.05) is 17.0 Å². The van der Waals surface area contributed by atoms with Crippen LogP contribution in [0.1, 0.15) is 28.8 Å². The lowest BCUT2D eigenvalue weighted by atomic mass is 10.1. The molecule has 9 nitrogen and oxygen atoms in total. The number of rotatable bonds is 8. The molecule has 30 heavy (non-hydrogen) atoms. The van der Waals surface area contributed by atoms with E-state index in [0.717, 1.165) is 31.5 Å². The average molecular weight is 413 g/mol. The Morgan fingerprint density at radius 2 is 1.83 bits per heavy atom. The predicted octanol–water partition coefficient (Wildman–Crippen LogP) is 2.68. The molecule has 1 N–H and O–H groups in total. The zero-order valence-corrected chi connectivity index (χ0v) is 16.6. The van der Waals surface area contributed by atoms with Gasteiger partial charge < -0.3 is 19.7 Å². The molecule has 0 aromatic heterocycles. The fourth-order valence-corrected chi connectivity index (χ4v) is 3.24. The topological polar surface area (TPSA) is 111 Å². The third-order valence-electron chi connectivity index (χ3n) is 4.84. The van der Waals surface area contributed by atoms with Gasteiger partial charge in [-0.05, 0) is 36.6 Å². The quantitative estimate of drug-likeness (QED) is 0.402. The highest BCUT2D eigenvalue weighted by Gasteiger charge is 2.24. The fraction of sp³-hybridized carbons (Fsp3) is 0.333. The van der Waals surface area contributed by atoms with Crippen molar-refractivity contribution in [3.05, 3.63) is 63.7 Å². The molecule has 158 valence electrons. The van der Waals surface area contributed by atoms with Gasteiger partial charge >= 0.3 is 5.97 Å². The van der Waals surface area contributed by atoms with Crippen LogP contribution in [0.3, 0.4) is 0 Å². The van der Waals surface area contributed by atoms with E-state index in [4.69, 9.17) is 9.47 Å². The van der Waals surface area contributed by atoms with Gasteiger partial charge in [0.1, 0.15) is 5.75 Å². The Balaban J connectivity index is 1.60. The number of esters is 1. The maximum Gasteiger partial charge on any atom is 0.341 e. The van der Waals surface area contributed by atoms with Crippen LogP contribution in [0.25, 0.3) is 0 Å². The summed E-state index contributed by atoms with van der Waals surface area (Å²) < 4.78 is 10.2. The highest BCUT2D eigenvalue weighted by Crippen LogP contribution is 2.29. The maximum absolute atomic E-state index is 12.6. The third-order valence-corrected chi connectivity index (χ3v) is 4.84. The molecule has 0 spiro atoms. The molecule has 0 bridgehead atoms. The molecule has 1 fully saturated rings. The minimum absolute atomic E-state index is 0.0917. The van der Waals surface area contributed by atoms with E-state index in [2.05, 4.69) is 5.32 Å². The molecule has 0 saturated carbocycles. The second-order valence-corrected chi connectivity index (χ2v) is 6.85. The molecule has 9 heteroatoms. The van der Waals surface area contributed by atoms with Crippen molar-refractivity contribution in [2.24, 2.45) is 0 Å². The van der Waals surface area contributed by atoms with Gasteiger partial charge in [0, 0.05) is 31.8 Å². The highest BCUT2D eigenvalue weighted by molar-refractivity contribution is 5.97. The van der Waals surface area contributed by atoms with Crippen LogP contribution in [-0.2, 0) is 16.1 Å². The standard InChI is InChI=1S/C21H23N3O6/c1-29-17-7-4-15(5-8-17)13-22-20(25)14-30-21(26)18-12-16(24(27)28)6-9-19(18)23-10-2-3-11-23/h4-9,12H,2-3,10-11,13-14H2,1H3,(H,22,25). The summed E-state index contributed by atoms with van der Waals surface area (Å²) in [5.41, 5.74) is 1.34. The average Bonchev–Trinajstić information content (AvgIpc) is 3.30. The van der Waals surface area contributed by atoms with Crippen LogP contribution in [0.5, 0.6) is 5.75 Å². The molecule has 0 atom stereocenters. The Bertz CT molecular complexity index is 923. The SMILES string of the molecule is COc1ccc(CNC(=O)COC(=O)c2cc([N+](=O)[O-])ccc2N2CCCC2)cc1. The first-order valence-corrected chi connectivity index (χ1v) is 9.58. The van der Waals surface area contributed by atoms with Crippen LogP contribution >= 0.6 is 0 Å². The molecule has 1 saturated heterocycles. The summed E-state index contributed by atoms with van der Waals surface area (Å²) in [4.78, 5) is 37.2. The molecule has 1 aliphatic rings. The summed E-state index contributed by atoms with van der Waals surface area (Å²) in [6.45, 7) is 1.33. The first-order valence-electron chi connectivity index (χ1n) is 9.58. The molecular formula is C21H23N3O6. The third kappa shape index (κ3) is 5.25. The number of anilines is 1. The van der Waals surface area contributed by atoms with Crippen LogP contribution in [-0.4, -0.2) is 43.6 Å². The number of carbonyl (C=O) groups is 2. The normalized spacial score (nSPS) is 13.0. The molecule has 1 amide bonds. The number of ether oxygens (including phenoxy) is 2. The number of non-ortho nitro benzene ring substituents is 1. The highest BCUT2D eigenvalue weighted by atomic mass is 16.6. The molecule has 0 unspecified atom stereocenters. The van der Waals surface area contributed by atoms with Crippen LogP contribution in [0.4, 0.5) is 11.4 Å². The van der Waals surface area contributed by atoms with Gasteiger partial charge in [0.05, 0.1) is 23.3 Å². The van der Waals surface area contributed by atoms with E-state index in [-0.39, 0.29) is 17.8 Å². The van der Waals surface area contributed by atoms with Gasteiger partial charge in [0.2, 0.25) is 0 Å². The molecule has 2 aromatic carbocycles. The van der Waals surface area contributed by atoms with E-state index in [9.17, 15) is 19.7 Å². The van der Waals surface area contributed by atoms with Crippen molar-refractivity contribution in [1.82, 2.24) is 5.32 Å². The summed E-state index contributed by atoms with van der Waals surface area (Å²) in [5.74, 6) is -0.516. The van der Waals surface area contributed by atoms with Gasteiger partial charge in [-0.2, -0.15) is 0 Å². The molecule has 0 radical (unpaired) electrons. The van der Waals surface area contributed by atoms with Crippen molar-refractivity contribution in [3.8, 4) is 5.75 Å². The van der Waals surface area contributed by atoms with Gasteiger partial charge in [0.25, 0.3) is 11.6 Å². The Morgan fingerprint density at radius 1 is 1.13 bits per heavy atom. The molecule has 3 rings (SSSR count). The number of benzene rings is 2. The second kappa shape index (κ2) is 9.73. The number of amides is 1. The monoisotopic (exact) mass is 413 g/mol. The van der Waals surface area contributed by atoms with Crippen molar-refractivity contribution in [1.29, 1.82) is 0 Å². The number of nitrogens with zero attached hydrogens (tertiary/aromatic N) is 2. The van der Waals surface area contributed by atoms with Crippen molar-refractivity contribution in [2.75, 3.05) is 31.7 Å². The lowest BCUT2D eigenvalue weighted by Gasteiger charge is -2.20. The van der Waals surface area contributed by atoms with Crippen LogP contribution in [0.15, 0.2) is 42.5 Å². The smallest absolute Gasteiger partial charge is 0.341 e.